The van der Waals surface area contributed by atoms with Crippen LogP contribution in [0.25, 0.3) is 0 Å². The first-order valence-corrected chi connectivity index (χ1v) is 7.91. The number of urea groups is 1. The van der Waals surface area contributed by atoms with Crippen LogP contribution in [0.2, 0.25) is 0 Å². The minimum atomic E-state index is -0.763. The van der Waals surface area contributed by atoms with Crippen LogP contribution >= 0.6 is 0 Å². The zero-order chi connectivity index (χ0) is 17.6. The molecule has 2 aromatic rings. The number of carbonyl (C=O) groups excluding carboxylic acids is 2. The number of primary amides is 1. The maximum atomic E-state index is 12.3. The number of nitrogens with two attached hydrogens (primary N) is 1. The number of hydrogen-bond donors (Lipinski definition) is 2. The van der Waals surface area contributed by atoms with Crippen molar-refractivity contribution < 1.29 is 19.1 Å². The Hall–Kier alpha value is -3.06. The van der Waals surface area contributed by atoms with Gasteiger partial charge in [0, 0.05) is 12.2 Å². The summed E-state index contributed by atoms with van der Waals surface area (Å²) in [5, 5.41) is 2.79. The van der Waals surface area contributed by atoms with E-state index in [1.807, 2.05) is 30.3 Å². The summed E-state index contributed by atoms with van der Waals surface area (Å²) < 4.78 is 10.9. The fraction of sp³-hybridized carbons (Fsp3) is 0.222. The van der Waals surface area contributed by atoms with Crippen molar-refractivity contribution in [2.75, 3.05) is 25.0 Å². The normalized spacial score (nSPS) is 17.0. The Morgan fingerprint density at radius 1 is 1.08 bits per heavy atom. The molecule has 1 heterocycles. The van der Waals surface area contributed by atoms with Crippen molar-refractivity contribution in [3.05, 3.63) is 54.6 Å². The first-order valence-electron chi connectivity index (χ1n) is 7.91. The molecule has 25 heavy (non-hydrogen) atoms. The van der Waals surface area contributed by atoms with Gasteiger partial charge in [-0.15, -0.1) is 0 Å². The van der Waals surface area contributed by atoms with E-state index in [-0.39, 0.29) is 19.2 Å². The molecule has 2 aromatic carbocycles. The molecule has 1 aliphatic heterocycles. The molecule has 130 valence electrons. The van der Waals surface area contributed by atoms with Gasteiger partial charge in [0.25, 0.3) is 0 Å². The number of morpholine rings is 1. The van der Waals surface area contributed by atoms with E-state index in [2.05, 4.69) is 5.32 Å². The van der Waals surface area contributed by atoms with Crippen molar-refractivity contribution in [1.29, 1.82) is 0 Å². The van der Waals surface area contributed by atoms with Gasteiger partial charge in [-0.1, -0.05) is 18.2 Å². The molecule has 7 nitrogen and oxygen atoms in total. The van der Waals surface area contributed by atoms with E-state index in [0.29, 0.717) is 18.0 Å². The molecule has 7 heteroatoms. The lowest BCUT2D eigenvalue weighted by molar-refractivity contribution is -0.133. The number of carbonyl (C=O) groups is 2. The van der Waals surface area contributed by atoms with Crippen molar-refractivity contribution in [2.45, 2.75) is 6.10 Å². The molecule has 3 amide bonds. The quantitative estimate of drug-likeness (QED) is 0.891. The fourth-order valence-electron chi connectivity index (χ4n) is 2.44. The van der Waals surface area contributed by atoms with E-state index < -0.39 is 12.0 Å². The van der Waals surface area contributed by atoms with Gasteiger partial charge in [-0.2, -0.15) is 0 Å². The second-order valence-electron chi connectivity index (χ2n) is 5.58. The zero-order valence-corrected chi connectivity index (χ0v) is 13.6. The number of nitrogens with zero attached hydrogens (tertiary/aromatic N) is 1. The minimum absolute atomic E-state index is 0.149. The Morgan fingerprint density at radius 2 is 1.76 bits per heavy atom. The van der Waals surface area contributed by atoms with Gasteiger partial charge in [0.15, 0.2) is 6.10 Å². The van der Waals surface area contributed by atoms with Crippen LogP contribution in [0.4, 0.5) is 10.5 Å². The van der Waals surface area contributed by atoms with Gasteiger partial charge < -0.3 is 25.4 Å². The molecule has 0 radical (unpaired) electrons. The third-order valence-electron chi connectivity index (χ3n) is 3.76. The summed E-state index contributed by atoms with van der Waals surface area (Å²) in [4.78, 5) is 25.0. The van der Waals surface area contributed by atoms with Gasteiger partial charge >= 0.3 is 6.03 Å². The van der Waals surface area contributed by atoms with Gasteiger partial charge in [-0.25, -0.2) is 4.79 Å². The molecular formula is C18H19N3O4. The average molecular weight is 341 g/mol. The number of para-hydroxylation sites is 1. The molecule has 3 rings (SSSR count). The Labute approximate surface area is 145 Å². The molecule has 0 unspecified atom stereocenters. The number of nitrogens with one attached hydrogen (secondary N) is 1. The predicted octanol–water partition coefficient (Wildman–Crippen LogP) is 2.20. The number of anilines is 1. The lowest BCUT2D eigenvalue weighted by atomic mass is 10.2. The van der Waals surface area contributed by atoms with E-state index in [1.165, 1.54) is 4.90 Å². The van der Waals surface area contributed by atoms with Gasteiger partial charge in [-0.05, 0) is 36.4 Å². The maximum absolute atomic E-state index is 12.3. The second kappa shape index (κ2) is 7.67. The van der Waals surface area contributed by atoms with Gasteiger partial charge in [0.05, 0.1) is 13.2 Å². The SMILES string of the molecule is NC(=O)[C@@H]1CN(C(=O)Nc2ccc(Oc3ccccc3)cc2)CCO1. The van der Waals surface area contributed by atoms with E-state index in [4.69, 9.17) is 15.2 Å². The third kappa shape index (κ3) is 4.48. The lowest BCUT2D eigenvalue weighted by Crippen LogP contribution is -2.51. The summed E-state index contributed by atoms with van der Waals surface area (Å²) in [6.07, 6.45) is -0.763. The molecule has 0 saturated carbocycles. The van der Waals surface area contributed by atoms with Crippen LogP contribution in [0.15, 0.2) is 54.6 Å². The van der Waals surface area contributed by atoms with E-state index >= 15 is 0 Å². The van der Waals surface area contributed by atoms with Crippen molar-refractivity contribution in [3.63, 3.8) is 0 Å². The molecule has 0 spiro atoms. The molecule has 0 aliphatic carbocycles. The summed E-state index contributed by atoms with van der Waals surface area (Å²) in [6, 6.07) is 16.2. The highest BCUT2D eigenvalue weighted by molar-refractivity contribution is 5.90. The molecule has 1 saturated heterocycles. The van der Waals surface area contributed by atoms with Crippen molar-refractivity contribution in [3.8, 4) is 11.5 Å². The van der Waals surface area contributed by atoms with Gasteiger partial charge in [0.1, 0.15) is 11.5 Å². The summed E-state index contributed by atoms with van der Waals surface area (Å²) in [5.41, 5.74) is 5.86. The molecule has 1 aliphatic rings. The van der Waals surface area contributed by atoms with E-state index in [9.17, 15) is 9.59 Å². The summed E-state index contributed by atoms with van der Waals surface area (Å²) >= 11 is 0. The second-order valence-corrected chi connectivity index (χ2v) is 5.58. The van der Waals surface area contributed by atoms with Crippen molar-refractivity contribution >= 4 is 17.6 Å². The first kappa shape index (κ1) is 16.8. The predicted molar refractivity (Wildman–Crippen MR) is 92.5 cm³/mol. The molecule has 1 atom stereocenters. The van der Waals surface area contributed by atoms with Gasteiger partial charge in [0.2, 0.25) is 5.91 Å². The highest BCUT2D eigenvalue weighted by Crippen LogP contribution is 2.22. The zero-order valence-electron chi connectivity index (χ0n) is 13.6. The Kier molecular flexibility index (Phi) is 5.15. The maximum Gasteiger partial charge on any atom is 0.322 e. The number of ether oxygens (including phenoxy) is 2. The lowest BCUT2D eigenvalue weighted by Gasteiger charge is -2.31. The minimum Gasteiger partial charge on any atom is -0.457 e. The first-order chi connectivity index (χ1) is 12.1. The highest BCUT2D eigenvalue weighted by atomic mass is 16.5. The smallest absolute Gasteiger partial charge is 0.322 e. The molecule has 0 aromatic heterocycles. The van der Waals surface area contributed by atoms with Crippen molar-refractivity contribution in [1.82, 2.24) is 4.90 Å². The van der Waals surface area contributed by atoms with Crippen molar-refractivity contribution in [2.24, 2.45) is 5.73 Å². The number of amides is 3. The molecule has 1 fully saturated rings. The van der Waals surface area contributed by atoms with Crippen LogP contribution in [0.1, 0.15) is 0 Å². The van der Waals surface area contributed by atoms with Crippen LogP contribution in [0.3, 0.4) is 0 Å². The average Bonchev–Trinajstić information content (AvgIpc) is 2.64. The van der Waals surface area contributed by atoms with Crippen LogP contribution in [0.5, 0.6) is 11.5 Å². The van der Waals surface area contributed by atoms with E-state index in [0.717, 1.165) is 5.75 Å². The molecule has 3 N–H and O–H groups in total. The summed E-state index contributed by atoms with van der Waals surface area (Å²) in [6.45, 7) is 0.839. The Bertz CT molecular complexity index is 734. The third-order valence-corrected chi connectivity index (χ3v) is 3.76. The fourth-order valence-corrected chi connectivity index (χ4v) is 2.44. The van der Waals surface area contributed by atoms with Crippen LogP contribution in [-0.4, -0.2) is 42.6 Å². The number of benzene rings is 2. The number of rotatable bonds is 4. The number of hydrogen-bond acceptors (Lipinski definition) is 4. The molecular weight excluding hydrogens is 322 g/mol. The molecule has 0 bridgehead atoms. The largest absolute Gasteiger partial charge is 0.457 e. The summed E-state index contributed by atoms with van der Waals surface area (Å²) in [5.74, 6) is 0.842. The van der Waals surface area contributed by atoms with Crippen LogP contribution < -0.4 is 15.8 Å². The van der Waals surface area contributed by atoms with Crippen LogP contribution in [0, 0.1) is 0 Å². The standard InChI is InChI=1S/C18H19N3O4/c19-17(22)16-12-21(10-11-24-16)18(23)20-13-6-8-15(9-7-13)25-14-4-2-1-3-5-14/h1-9,16H,10-12H2,(H2,19,22)(H,20,23)/t16-/m0/s1. The van der Waals surface area contributed by atoms with Crippen LogP contribution in [-0.2, 0) is 9.53 Å². The Balaban J connectivity index is 1.57. The van der Waals surface area contributed by atoms with E-state index in [1.54, 1.807) is 24.3 Å². The highest BCUT2D eigenvalue weighted by Gasteiger charge is 2.27. The van der Waals surface area contributed by atoms with Gasteiger partial charge in [-0.3, -0.25) is 4.79 Å². The summed E-state index contributed by atoms with van der Waals surface area (Å²) in [7, 11) is 0. The topological polar surface area (TPSA) is 93.9 Å². The Morgan fingerprint density at radius 3 is 2.44 bits per heavy atom. The monoisotopic (exact) mass is 341 g/mol.